The largest absolute Gasteiger partial charge is 0.292 e. The van der Waals surface area contributed by atoms with Crippen molar-refractivity contribution >= 4 is 35.2 Å². The SMILES string of the molecule is Cc1cc([N+](=O)[O-])ccc1N1C(=O)[C@@H]2[C@H](C1=O)[C@@H]1c3ccccc3C=NN1[C@H]2C(=O)c1ccc(F)cc1. The molecule has 3 aliphatic rings. The van der Waals surface area contributed by atoms with Crippen LogP contribution in [0.25, 0.3) is 0 Å². The molecular formula is C27H19FN4O5. The lowest BCUT2D eigenvalue weighted by Crippen LogP contribution is -2.44. The van der Waals surface area contributed by atoms with Crippen molar-refractivity contribution in [3.8, 4) is 0 Å². The molecule has 3 aromatic rings. The van der Waals surface area contributed by atoms with E-state index < -0.39 is 52.3 Å². The quantitative estimate of drug-likeness (QED) is 0.234. The lowest BCUT2D eigenvalue weighted by Gasteiger charge is -2.34. The van der Waals surface area contributed by atoms with Gasteiger partial charge < -0.3 is 0 Å². The van der Waals surface area contributed by atoms with E-state index in [4.69, 9.17) is 0 Å². The fourth-order valence-electron chi connectivity index (χ4n) is 5.69. The average Bonchev–Trinajstić information content (AvgIpc) is 3.36. The first-order valence-corrected chi connectivity index (χ1v) is 11.6. The molecule has 9 nitrogen and oxygen atoms in total. The zero-order valence-corrected chi connectivity index (χ0v) is 19.4. The summed E-state index contributed by atoms with van der Waals surface area (Å²) in [6.07, 6.45) is 1.60. The second-order valence-electron chi connectivity index (χ2n) is 9.31. The number of Topliss-reactive ketones (excluding diaryl/α,β-unsaturated/α-hetero) is 1. The Morgan fingerprint density at radius 2 is 1.70 bits per heavy atom. The zero-order chi connectivity index (χ0) is 26.0. The molecule has 0 radical (unpaired) electrons. The summed E-state index contributed by atoms with van der Waals surface area (Å²) in [5.41, 5.74) is 2.21. The molecule has 4 atom stereocenters. The number of rotatable bonds is 4. The van der Waals surface area contributed by atoms with Gasteiger partial charge in [0.2, 0.25) is 11.8 Å². The number of hydrogen-bond acceptors (Lipinski definition) is 7. The number of carbonyl (C=O) groups is 3. The van der Waals surface area contributed by atoms with Crippen LogP contribution in [0.15, 0.2) is 71.8 Å². The molecule has 0 spiro atoms. The topological polar surface area (TPSA) is 113 Å². The normalized spacial score (nSPS) is 23.6. The van der Waals surface area contributed by atoms with Crippen LogP contribution >= 0.6 is 0 Å². The number of fused-ring (bicyclic) bond motifs is 5. The molecule has 3 heterocycles. The number of aryl methyl sites for hydroxylation is 1. The second-order valence-corrected chi connectivity index (χ2v) is 9.31. The first-order valence-electron chi connectivity index (χ1n) is 11.6. The lowest BCUT2D eigenvalue weighted by atomic mass is 9.83. The van der Waals surface area contributed by atoms with Gasteiger partial charge in [-0.05, 0) is 53.9 Å². The molecule has 2 fully saturated rings. The Hall–Kier alpha value is -4.73. The molecule has 184 valence electrons. The molecule has 10 heteroatoms. The number of nitrogens with zero attached hydrogens (tertiary/aromatic N) is 4. The van der Waals surface area contributed by atoms with Gasteiger partial charge in [0.1, 0.15) is 11.9 Å². The van der Waals surface area contributed by atoms with E-state index in [0.29, 0.717) is 5.56 Å². The van der Waals surface area contributed by atoms with Gasteiger partial charge in [-0.25, -0.2) is 9.29 Å². The highest BCUT2D eigenvalue weighted by molar-refractivity contribution is 6.25. The number of nitro benzene ring substituents is 1. The minimum absolute atomic E-state index is 0.161. The summed E-state index contributed by atoms with van der Waals surface area (Å²) in [5, 5.41) is 17.2. The number of amides is 2. The summed E-state index contributed by atoms with van der Waals surface area (Å²) < 4.78 is 13.6. The van der Waals surface area contributed by atoms with Crippen LogP contribution in [0.5, 0.6) is 0 Å². The van der Waals surface area contributed by atoms with Gasteiger partial charge in [0.05, 0.1) is 34.7 Å². The highest BCUT2D eigenvalue weighted by Crippen LogP contribution is 2.53. The summed E-state index contributed by atoms with van der Waals surface area (Å²) in [7, 11) is 0. The van der Waals surface area contributed by atoms with E-state index in [0.717, 1.165) is 16.0 Å². The van der Waals surface area contributed by atoms with Gasteiger partial charge in [0.15, 0.2) is 5.78 Å². The van der Waals surface area contributed by atoms with Crippen molar-refractivity contribution in [3.05, 3.63) is 105 Å². The highest BCUT2D eigenvalue weighted by atomic mass is 19.1. The first-order chi connectivity index (χ1) is 17.8. The van der Waals surface area contributed by atoms with Crippen molar-refractivity contribution < 1.29 is 23.7 Å². The Morgan fingerprint density at radius 3 is 2.41 bits per heavy atom. The second kappa shape index (κ2) is 8.16. The highest BCUT2D eigenvalue weighted by Gasteiger charge is 2.65. The molecule has 6 rings (SSSR count). The van der Waals surface area contributed by atoms with E-state index in [-0.39, 0.29) is 16.9 Å². The first kappa shape index (κ1) is 22.7. The van der Waals surface area contributed by atoms with Gasteiger partial charge in [-0.3, -0.25) is 29.5 Å². The third kappa shape index (κ3) is 3.29. The van der Waals surface area contributed by atoms with Gasteiger partial charge in [-0.1, -0.05) is 24.3 Å². The van der Waals surface area contributed by atoms with Crippen LogP contribution in [-0.2, 0) is 9.59 Å². The van der Waals surface area contributed by atoms with E-state index >= 15 is 0 Å². The number of benzene rings is 3. The Kier molecular flexibility index (Phi) is 5.01. The molecule has 3 aromatic carbocycles. The number of hydrogen-bond donors (Lipinski definition) is 0. The van der Waals surface area contributed by atoms with Crippen LogP contribution < -0.4 is 4.90 Å². The van der Waals surface area contributed by atoms with Crippen LogP contribution in [0.4, 0.5) is 15.8 Å². The Bertz CT molecular complexity index is 1540. The van der Waals surface area contributed by atoms with Crippen molar-refractivity contribution in [2.75, 3.05) is 4.90 Å². The van der Waals surface area contributed by atoms with Crippen LogP contribution in [0.3, 0.4) is 0 Å². The molecule has 0 N–H and O–H groups in total. The van der Waals surface area contributed by atoms with E-state index in [1.54, 1.807) is 13.1 Å². The molecule has 2 amide bonds. The number of hydrazone groups is 1. The molecule has 0 saturated carbocycles. The van der Waals surface area contributed by atoms with E-state index in [1.807, 2.05) is 24.3 Å². The van der Waals surface area contributed by atoms with E-state index in [9.17, 15) is 28.9 Å². The smallest absolute Gasteiger partial charge is 0.269 e. The van der Waals surface area contributed by atoms with Gasteiger partial charge in [-0.15, -0.1) is 0 Å². The number of anilines is 1. The molecule has 37 heavy (non-hydrogen) atoms. The minimum atomic E-state index is -1.09. The molecule has 0 aromatic heterocycles. The summed E-state index contributed by atoms with van der Waals surface area (Å²) >= 11 is 0. The third-order valence-corrected chi connectivity index (χ3v) is 7.32. The van der Waals surface area contributed by atoms with Crippen LogP contribution in [0.2, 0.25) is 0 Å². The van der Waals surface area contributed by atoms with Gasteiger partial charge in [0, 0.05) is 17.7 Å². The third-order valence-electron chi connectivity index (χ3n) is 7.32. The molecular weight excluding hydrogens is 479 g/mol. The fourth-order valence-corrected chi connectivity index (χ4v) is 5.69. The Morgan fingerprint density at radius 1 is 1.00 bits per heavy atom. The van der Waals surface area contributed by atoms with Crippen LogP contribution in [0, 0.1) is 34.7 Å². The maximum absolute atomic E-state index is 13.9. The fraction of sp³-hybridized carbons (Fsp3) is 0.185. The number of non-ortho nitro benzene ring substituents is 1. The van der Waals surface area contributed by atoms with Crippen LogP contribution in [-0.4, -0.2) is 39.8 Å². The number of nitro groups is 1. The monoisotopic (exact) mass is 498 g/mol. The Labute approximate surface area is 210 Å². The summed E-state index contributed by atoms with van der Waals surface area (Å²) in [4.78, 5) is 53.3. The zero-order valence-electron chi connectivity index (χ0n) is 19.4. The van der Waals surface area contributed by atoms with Crippen molar-refractivity contribution in [1.29, 1.82) is 0 Å². The molecule has 0 aliphatic carbocycles. The number of ketones is 1. The summed E-state index contributed by atoms with van der Waals surface area (Å²) in [6, 6.07) is 14.5. The Balaban J connectivity index is 1.49. The summed E-state index contributed by atoms with van der Waals surface area (Å²) in [5.74, 6) is -3.98. The van der Waals surface area contributed by atoms with Crippen molar-refractivity contribution in [1.82, 2.24) is 5.01 Å². The van der Waals surface area contributed by atoms with Crippen molar-refractivity contribution in [3.63, 3.8) is 0 Å². The maximum atomic E-state index is 13.9. The number of halogens is 1. The maximum Gasteiger partial charge on any atom is 0.269 e. The molecule has 0 unspecified atom stereocenters. The standard InChI is InChI=1S/C27H19FN4O5/c1-14-12-18(32(36)37)10-11-20(14)30-26(34)21-22(27(30)35)24(25(33)15-6-8-17(28)9-7-15)31-23(21)19-5-3-2-4-16(19)13-29-31/h2-13,21-24H,1H3/t21-,22+,23-,24+/m0/s1. The van der Waals surface area contributed by atoms with Crippen molar-refractivity contribution in [2.24, 2.45) is 16.9 Å². The van der Waals surface area contributed by atoms with Gasteiger partial charge >= 0.3 is 0 Å². The predicted octanol–water partition coefficient (Wildman–Crippen LogP) is 3.80. The number of imide groups is 1. The van der Waals surface area contributed by atoms with E-state index in [2.05, 4.69) is 5.10 Å². The average molecular weight is 498 g/mol. The van der Waals surface area contributed by atoms with Gasteiger partial charge in [-0.2, -0.15) is 5.10 Å². The minimum Gasteiger partial charge on any atom is -0.292 e. The lowest BCUT2D eigenvalue weighted by molar-refractivity contribution is -0.384. The summed E-state index contributed by atoms with van der Waals surface area (Å²) in [6.45, 7) is 1.59. The predicted molar refractivity (Wildman–Crippen MR) is 130 cm³/mol. The van der Waals surface area contributed by atoms with Crippen molar-refractivity contribution in [2.45, 2.75) is 19.0 Å². The van der Waals surface area contributed by atoms with E-state index in [1.165, 1.54) is 47.5 Å². The van der Waals surface area contributed by atoms with Crippen LogP contribution in [0.1, 0.15) is 33.1 Å². The number of carbonyl (C=O) groups excluding carboxylic acids is 3. The molecule has 3 aliphatic heterocycles. The van der Waals surface area contributed by atoms with Gasteiger partial charge in [0.25, 0.3) is 5.69 Å². The molecule has 2 saturated heterocycles. The molecule has 0 bridgehead atoms.